The van der Waals surface area contributed by atoms with Gasteiger partial charge in [-0.3, -0.25) is 4.79 Å². The summed E-state index contributed by atoms with van der Waals surface area (Å²) >= 11 is 0. The number of methoxy groups -OCH3 is 1. The van der Waals surface area contributed by atoms with Gasteiger partial charge in [0, 0.05) is 25.5 Å². The second kappa shape index (κ2) is 8.79. The average molecular weight is 318 g/mol. The average Bonchev–Trinajstić information content (AvgIpc) is 3.06. The van der Waals surface area contributed by atoms with Crippen molar-refractivity contribution in [3.63, 3.8) is 0 Å². The van der Waals surface area contributed by atoms with Gasteiger partial charge in [0.25, 0.3) is 5.91 Å². The van der Waals surface area contributed by atoms with Crippen molar-refractivity contribution < 1.29 is 14.3 Å². The van der Waals surface area contributed by atoms with Crippen LogP contribution in [0.25, 0.3) is 0 Å². The molecule has 124 valence electrons. The molecule has 1 heterocycles. The second-order valence-corrected chi connectivity index (χ2v) is 5.07. The number of primary amides is 1. The normalized spacial score (nSPS) is 10.5. The number of aromatic nitrogens is 2. The van der Waals surface area contributed by atoms with E-state index < -0.39 is 5.91 Å². The van der Waals surface area contributed by atoms with Crippen LogP contribution in [0.4, 0.5) is 0 Å². The second-order valence-electron chi connectivity index (χ2n) is 5.07. The van der Waals surface area contributed by atoms with Gasteiger partial charge in [0.1, 0.15) is 0 Å². The van der Waals surface area contributed by atoms with E-state index in [0.717, 1.165) is 31.6 Å². The molecule has 0 saturated carbocycles. The number of amides is 1. The van der Waals surface area contributed by atoms with Gasteiger partial charge in [-0.05, 0) is 30.7 Å². The molecule has 0 saturated heterocycles. The molecule has 1 amide bonds. The number of rotatable bonds is 10. The predicted octanol–water partition coefficient (Wildman–Crippen LogP) is 0.936. The SMILES string of the molecule is COc1cc(CNCCCn2ccnc2)ccc1OCC(N)=O. The summed E-state index contributed by atoms with van der Waals surface area (Å²) in [5.41, 5.74) is 6.15. The Bertz CT molecular complexity index is 614. The molecule has 7 heteroatoms. The van der Waals surface area contributed by atoms with Crippen LogP contribution in [0.3, 0.4) is 0 Å². The fourth-order valence-electron chi connectivity index (χ4n) is 2.13. The Kier molecular flexibility index (Phi) is 6.43. The molecule has 0 aliphatic rings. The van der Waals surface area contributed by atoms with Crippen molar-refractivity contribution in [3.05, 3.63) is 42.5 Å². The molecule has 0 unspecified atom stereocenters. The van der Waals surface area contributed by atoms with Crippen molar-refractivity contribution in [2.45, 2.75) is 19.5 Å². The maximum atomic E-state index is 10.8. The fraction of sp³-hybridized carbons (Fsp3) is 0.375. The quantitative estimate of drug-likeness (QED) is 0.636. The van der Waals surface area contributed by atoms with Gasteiger partial charge in [-0.2, -0.15) is 0 Å². The standard InChI is InChI=1S/C16H22N4O3/c1-22-15-9-13(3-4-14(15)23-11-16(17)21)10-18-5-2-7-20-8-6-19-12-20/h3-4,6,8-9,12,18H,2,5,7,10-11H2,1H3,(H2,17,21). The van der Waals surface area contributed by atoms with Crippen LogP contribution in [-0.4, -0.2) is 35.7 Å². The molecule has 1 aromatic carbocycles. The first-order valence-electron chi connectivity index (χ1n) is 7.43. The van der Waals surface area contributed by atoms with Gasteiger partial charge in [0.2, 0.25) is 0 Å². The van der Waals surface area contributed by atoms with E-state index in [9.17, 15) is 4.79 Å². The summed E-state index contributed by atoms with van der Waals surface area (Å²) in [5, 5.41) is 3.38. The smallest absolute Gasteiger partial charge is 0.255 e. The van der Waals surface area contributed by atoms with E-state index in [2.05, 4.69) is 14.9 Å². The van der Waals surface area contributed by atoms with Crippen molar-refractivity contribution in [1.82, 2.24) is 14.9 Å². The molecule has 0 bridgehead atoms. The van der Waals surface area contributed by atoms with Crippen LogP contribution in [0.1, 0.15) is 12.0 Å². The van der Waals surface area contributed by atoms with Crippen molar-refractivity contribution >= 4 is 5.91 Å². The zero-order valence-corrected chi connectivity index (χ0v) is 13.2. The third-order valence-corrected chi connectivity index (χ3v) is 3.26. The zero-order chi connectivity index (χ0) is 16.5. The van der Waals surface area contributed by atoms with E-state index in [1.165, 1.54) is 0 Å². The highest BCUT2D eigenvalue weighted by Gasteiger charge is 2.07. The van der Waals surface area contributed by atoms with Gasteiger partial charge in [-0.1, -0.05) is 6.07 Å². The van der Waals surface area contributed by atoms with Gasteiger partial charge in [-0.25, -0.2) is 4.98 Å². The highest BCUT2D eigenvalue weighted by Crippen LogP contribution is 2.27. The Balaban J connectivity index is 1.77. The van der Waals surface area contributed by atoms with Gasteiger partial charge >= 0.3 is 0 Å². The number of ether oxygens (including phenoxy) is 2. The van der Waals surface area contributed by atoms with Crippen molar-refractivity contribution in [2.75, 3.05) is 20.3 Å². The number of benzene rings is 1. The first kappa shape index (κ1) is 16.8. The lowest BCUT2D eigenvalue weighted by atomic mass is 10.2. The van der Waals surface area contributed by atoms with E-state index >= 15 is 0 Å². The molecule has 3 N–H and O–H groups in total. The predicted molar refractivity (Wildman–Crippen MR) is 86.2 cm³/mol. The van der Waals surface area contributed by atoms with Gasteiger partial charge in [-0.15, -0.1) is 0 Å². The van der Waals surface area contributed by atoms with Gasteiger partial charge in [0.05, 0.1) is 13.4 Å². The van der Waals surface area contributed by atoms with E-state index in [0.29, 0.717) is 11.5 Å². The van der Waals surface area contributed by atoms with Crippen LogP contribution in [0.5, 0.6) is 11.5 Å². The highest BCUT2D eigenvalue weighted by molar-refractivity contribution is 5.75. The molecule has 2 rings (SSSR count). The summed E-state index contributed by atoms with van der Waals surface area (Å²) in [7, 11) is 1.56. The molecule has 0 aliphatic heterocycles. The minimum absolute atomic E-state index is 0.164. The first-order valence-corrected chi connectivity index (χ1v) is 7.43. The first-order chi connectivity index (χ1) is 11.2. The third kappa shape index (κ3) is 5.63. The van der Waals surface area contributed by atoms with Crippen LogP contribution in [0, 0.1) is 0 Å². The summed E-state index contributed by atoms with van der Waals surface area (Å²) in [6.45, 7) is 2.41. The molecule has 7 nitrogen and oxygen atoms in total. The molecule has 0 atom stereocenters. The lowest BCUT2D eigenvalue weighted by molar-refractivity contribution is -0.119. The van der Waals surface area contributed by atoms with Crippen LogP contribution in [0.15, 0.2) is 36.9 Å². The van der Waals surface area contributed by atoms with Crippen molar-refractivity contribution in [1.29, 1.82) is 0 Å². The Morgan fingerprint density at radius 3 is 2.96 bits per heavy atom. The van der Waals surface area contributed by atoms with E-state index in [4.69, 9.17) is 15.2 Å². The van der Waals surface area contributed by atoms with E-state index in [-0.39, 0.29) is 6.61 Å². The number of carbonyl (C=O) groups excluding carboxylic acids is 1. The van der Waals surface area contributed by atoms with Crippen LogP contribution in [0.2, 0.25) is 0 Å². The fourth-order valence-corrected chi connectivity index (χ4v) is 2.13. The van der Waals surface area contributed by atoms with Gasteiger partial charge < -0.3 is 25.1 Å². The topological polar surface area (TPSA) is 91.4 Å². The molecule has 0 aliphatic carbocycles. The molecule has 0 radical (unpaired) electrons. The summed E-state index contributed by atoms with van der Waals surface area (Å²) in [4.78, 5) is 14.8. The Labute approximate surface area is 135 Å². The van der Waals surface area contributed by atoms with Gasteiger partial charge in [0.15, 0.2) is 18.1 Å². The Morgan fingerprint density at radius 2 is 2.26 bits per heavy atom. The van der Waals surface area contributed by atoms with Crippen LogP contribution in [-0.2, 0) is 17.9 Å². The minimum atomic E-state index is -0.518. The lowest BCUT2D eigenvalue weighted by Gasteiger charge is -2.12. The largest absolute Gasteiger partial charge is 0.493 e. The minimum Gasteiger partial charge on any atom is -0.493 e. The summed E-state index contributed by atoms with van der Waals surface area (Å²) in [6.07, 6.45) is 6.57. The number of hydrogen-bond donors (Lipinski definition) is 2. The lowest BCUT2D eigenvalue weighted by Crippen LogP contribution is -2.20. The summed E-state index contributed by atoms with van der Waals surface area (Å²) in [6, 6.07) is 5.60. The molecule has 2 aromatic rings. The molecule has 0 spiro atoms. The highest BCUT2D eigenvalue weighted by atomic mass is 16.5. The number of aryl methyl sites for hydroxylation is 1. The van der Waals surface area contributed by atoms with Crippen molar-refractivity contribution in [2.24, 2.45) is 5.73 Å². The maximum absolute atomic E-state index is 10.8. The number of hydrogen-bond acceptors (Lipinski definition) is 5. The van der Waals surface area contributed by atoms with E-state index in [1.807, 2.05) is 24.7 Å². The molecular formula is C16H22N4O3. The number of nitrogens with one attached hydrogen (secondary N) is 1. The number of nitrogens with zero attached hydrogens (tertiary/aromatic N) is 2. The number of nitrogens with two attached hydrogens (primary N) is 1. The Hall–Kier alpha value is -2.54. The Morgan fingerprint density at radius 1 is 1.39 bits per heavy atom. The van der Waals surface area contributed by atoms with Crippen LogP contribution >= 0.6 is 0 Å². The zero-order valence-electron chi connectivity index (χ0n) is 13.2. The maximum Gasteiger partial charge on any atom is 0.255 e. The third-order valence-electron chi connectivity index (χ3n) is 3.26. The molecule has 0 fully saturated rings. The number of imidazole rings is 1. The van der Waals surface area contributed by atoms with Crippen LogP contribution < -0.4 is 20.5 Å². The number of carbonyl (C=O) groups is 1. The summed E-state index contributed by atoms with van der Waals surface area (Å²) < 4.78 is 12.6. The monoisotopic (exact) mass is 318 g/mol. The van der Waals surface area contributed by atoms with Crippen molar-refractivity contribution in [3.8, 4) is 11.5 Å². The summed E-state index contributed by atoms with van der Waals surface area (Å²) in [5.74, 6) is 0.579. The molecular weight excluding hydrogens is 296 g/mol. The molecule has 1 aromatic heterocycles. The molecule has 23 heavy (non-hydrogen) atoms. The van der Waals surface area contributed by atoms with E-state index in [1.54, 1.807) is 19.4 Å².